The van der Waals surface area contributed by atoms with Crippen molar-refractivity contribution in [3.05, 3.63) is 85.1 Å². The van der Waals surface area contributed by atoms with E-state index in [1.165, 1.54) is 35.7 Å². The fourth-order valence-electron chi connectivity index (χ4n) is 2.32. The Hall–Kier alpha value is -4.17. The van der Waals surface area contributed by atoms with Crippen molar-refractivity contribution < 1.29 is 14.2 Å². The fraction of sp³-hybridized carbons (Fsp3) is 0. The number of anilines is 1. The van der Waals surface area contributed by atoms with Gasteiger partial charge in [-0.1, -0.05) is 0 Å². The number of nitro benzene ring substituents is 2. The molecule has 144 valence electrons. The highest BCUT2D eigenvalue weighted by atomic mass is 32.1. The van der Waals surface area contributed by atoms with Crippen molar-refractivity contribution in [2.45, 2.75) is 0 Å². The molecule has 0 aliphatic rings. The maximum absolute atomic E-state index is 13.4. The van der Waals surface area contributed by atoms with Crippen molar-refractivity contribution in [3.8, 4) is 17.3 Å². The Labute approximate surface area is 166 Å². The molecule has 0 saturated heterocycles. The van der Waals surface area contributed by atoms with Crippen LogP contribution in [-0.4, -0.2) is 14.8 Å². The number of nitro groups is 2. The molecule has 29 heavy (non-hydrogen) atoms. The molecular formula is C18H10FN5O4S. The van der Waals surface area contributed by atoms with E-state index < -0.39 is 21.4 Å². The minimum Gasteiger partial charge on any atom is -0.360 e. The fourth-order valence-corrected chi connectivity index (χ4v) is 3.12. The molecule has 0 bridgehead atoms. The molecule has 1 N–H and O–H groups in total. The number of thiazole rings is 1. The van der Waals surface area contributed by atoms with Crippen molar-refractivity contribution in [1.29, 1.82) is 5.26 Å². The number of benzene rings is 2. The van der Waals surface area contributed by atoms with E-state index >= 15 is 0 Å². The number of non-ortho nitro benzene ring substituents is 1. The first-order valence-corrected chi connectivity index (χ1v) is 8.78. The molecule has 1 heterocycles. The summed E-state index contributed by atoms with van der Waals surface area (Å²) >= 11 is 1.19. The van der Waals surface area contributed by atoms with E-state index in [1.54, 1.807) is 17.5 Å². The maximum atomic E-state index is 13.4. The smallest absolute Gasteiger partial charge is 0.306 e. The molecular weight excluding hydrogens is 401 g/mol. The molecule has 0 atom stereocenters. The number of hydrogen-bond donors (Lipinski definition) is 1. The van der Waals surface area contributed by atoms with E-state index in [0.717, 1.165) is 12.1 Å². The summed E-state index contributed by atoms with van der Waals surface area (Å²) in [5.41, 5.74) is 0.861. The Bertz CT molecular complexity index is 1170. The Morgan fingerprint density at radius 3 is 2.52 bits per heavy atom. The van der Waals surface area contributed by atoms with Gasteiger partial charge in [-0.3, -0.25) is 20.2 Å². The Morgan fingerprint density at radius 2 is 1.90 bits per heavy atom. The molecule has 0 amide bonds. The monoisotopic (exact) mass is 411 g/mol. The van der Waals surface area contributed by atoms with Crippen LogP contribution in [0.1, 0.15) is 5.01 Å². The van der Waals surface area contributed by atoms with Crippen LogP contribution in [0.15, 0.2) is 54.0 Å². The highest BCUT2D eigenvalue weighted by Gasteiger charge is 2.15. The molecule has 11 heteroatoms. The summed E-state index contributed by atoms with van der Waals surface area (Å²) in [4.78, 5) is 24.5. The van der Waals surface area contributed by atoms with Crippen molar-refractivity contribution in [3.63, 3.8) is 0 Å². The first-order valence-electron chi connectivity index (χ1n) is 7.90. The van der Waals surface area contributed by atoms with Crippen molar-refractivity contribution in [1.82, 2.24) is 4.98 Å². The van der Waals surface area contributed by atoms with E-state index in [4.69, 9.17) is 0 Å². The largest absolute Gasteiger partial charge is 0.360 e. The summed E-state index contributed by atoms with van der Waals surface area (Å²) in [7, 11) is 0. The quantitative estimate of drug-likeness (QED) is 0.351. The lowest BCUT2D eigenvalue weighted by atomic mass is 10.1. The summed E-state index contributed by atoms with van der Waals surface area (Å²) in [6.07, 6.45) is 1.31. The van der Waals surface area contributed by atoms with Crippen LogP contribution in [0.2, 0.25) is 0 Å². The molecule has 0 radical (unpaired) electrons. The number of nitrogens with zero attached hydrogens (tertiary/aromatic N) is 4. The predicted octanol–water partition coefficient (Wildman–Crippen LogP) is 4.74. The molecule has 2 aromatic carbocycles. The summed E-state index contributed by atoms with van der Waals surface area (Å²) < 4.78 is 13.4. The van der Waals surface area contributed by atoms with Gasteiger partial charge in [0.1, 0.15) is 16.6 Å². The zero-order chi connectivity index (χ0) is 21.0. The molecule has 0 unspecified atom stereocenters. The van der Waals surface area contributed by atoms with Crippen LogP contribution in [0.5, 0.6) is 0 Å². The van der Waals surface area contributed by atoms with E-state index in [2.05, 4.69) is 10.3 Å². The molecule has 3 aromatic rings. The van der Waals surface area contributed by atoms with Crippen LogP contribution < -0.4 is 5.32 Å². The molecule has 0 aliphatic heterocycles. The first kappa shape index (κ1) is 19.6. The van der Waals surface area contributed by atoms with Gasteiger partial charge in [0.05, 0.1) is 15.5 Å². The van der Waals surface area contributed by atoms with Gasteiger partial charge in [-0.05, 0) is 24.3 Å². The van der Waals surface area contributed by atoms with Crippen molar-refractivity contribution in [2.75, 3.05) is 5.32 Å². The molecule has 0 fully saturated rings. The molecule has 0 saturated carbocycles. The second-order valence-electron chi connectivity index (χ2n) is 5.58. The summed E-state index contributed by atoms with van der Waals surface area (Å²) in [5.74, 6) is -0.960. The first-order chi connectivity index (χ1) is 13.9. The van der Waals surface area contributed by atoms with Crippen LogP contribution >= 0.6 is 11.3 Å². The zero-order valence-corrected chi connectivity index (χ0v) is 15.2. The minimum atomic E-state index is -0.960. The number of aromatic nitrogens is 1. The summed E-state index contributed by atoms with van der Waals surface area (Å²) in [6.45, 7) is 0. The lowest BCUT2D eigenvalue weighted by molar-refractivity contribution is -0.387. The van der Waals surface area contributed by atoms with Crippen LogP contribution in [0.3, 0.4) is 0 Å². The number of allylic oxidation sites excluding steroid dienone is 1. The Balaban J connectivity index is 1.82. The van der Waals surface area contributed by atoms with Gasteiger partial charge < -0.3 is 5.32 Å². The van der Waals surface area contributed by atoms with Gasteiger partial charge >= 0.3 is 5.69 Å². The molecule has 0 aliphatic carbocycles. The predicted molar refractivity (Wildman–Crippen MR) is 104 cm³/mol. The molecule has 3 rings (SSSR count). The van der Waals surface area contributed by atoms with Crippen LogP contribution in [0, 0.1) is 37.4 Å². The lowest BCUT2D eigenvalue weighted by Crippen LogP contribution is -1.96. The topological polar surface area (TPSA) is 135 Å². The average molecular weight is 411 g/mol. The van der Waals surface area contributed by atoms with Gasteiger partial charge in [0.25, 0.3) is 5.69 Å². The SMILES string of the molecule is N#CC(=CNc1ccc(F)c([N+](=O)[O-])c1)c1nc(-c2ccc([N+](=O)[O-])cc2)cs1. The van der Waals surface area contributed by atoms with Crippen LogP contribution in [-0.2, 0) is 0 Å². The van der Waals surface area contributed by atoms with Crippen molar-refractivity contribution in [2.24, 2.45) is 0 Å². The molecule has 1 aromatic heterocycles. The van der Waals surface area contributed by atoms with Gasteiger partial charge in [-0.25, -0.2) is 4.98 Å². The Kier molecular flexibility index (Phi) is 5.56. The summed E-state index contributed by atoms with van der Waals surface area (Å²) in [5, 5.41) is 35.7. The van der Waals surface area contributed by atoms with E-state index in [1.807, 2.05) is 6.07 Å². The van der Waals surface area contributed by atoms with Gasteiger partial charge in [0.2, 0.25) is 5.82 Å². The number of hydrogen-bond acceptors (Lipinski definition) is 8. The van der Waals surface area contributed by atoms with Crippen LogP contribution in [0.4, 0.5) is 21.5 Å². The summed E-state index contributed by atoms with van der Waals surface area (Å²) in [6, 6.07) is 11.1. The van der Waals surface area contributed by atoms with Gasteiger partial charge in [0, 0.05) is 41.0 Å². The second-order valence-corrected chi connectivity index (χ2v) is 6.44. The van der Waals surface area contributed by atoms with Crippen molar-refractivity contribution >= 4 is 34.0 Å². The normalized spacial score (nSPS) is 11.0. The number of nitrogens with one attached hydrogen (secondary N) is 1. The highest BCUT2D eigenvalue weighted by Crippen LogP contribution is 2.28. The van der Waals surface area contributed by atoms with Gasteiger partial charge in [0.15, 0.2) is 0 Å². The zero-order valence-electron chi connectivity index (χ0n) is 14.4. The molecule has 9 nitrogen and oxygen atoms in total. The van der Waals surface area contributed by atoms with E-state index in [9.17, 15) is 29.9 Å². The van der Waals surface area contributed by atoms with Gasteiger partial charge in [-0.2, -0.15) is 9.65 Å². The number of nitriles is 1. The lowest BCUT2D eigenvalue weighted by Gasteiger charge is -2.02. The average Bonchev–Trinajstić information content (AvgIpc) is 3.19. The van der Waals surface area contributed by atoms with E-state index in [-0.39, 0.29) is 16.9 Å². The standard InChI is InChI=1S/C18H10FN5O4S/c19-15-6-3-13(7-17(15)24(27)28)21-9-12(8-20)18-22-16(10-29-18)11-1-4-14(5-2-11)23(25)26/h1-7,9-10,21H. The Morgan fingerprint density at radius 1 is 1.17 bits per heavy atom. The third-order valence-electron chi connectivity index (χ3n) is 3.75. The van der Waals surface area contributed by atoms with Crippen LogP contribution in [0.25, 0.3) is 16.8 Å². The third-order valence-corrected chi connectivity index (χ3v) is 4.63. The number of rotatable bonds is 6. The number of halogens is 1. The van der Waals surface area contributed by atoms with Gasteiger partial charge in [-0.15, -0.1) is 11.3 Å². The molecule has 0 spiro atoms. The maximum Gasteiger partial charge on any atom is 0.306 e. The van der Waals surface area contributed by atoms with E-state index in [0.29, 0.717) is 16.3 Å². The third kappa shape index (κ3) is 4.40. The highest BCUT2D eigenvalue weighted by molar-refractivity contribution is 7.11. The minimum absolute atomic E-state index is 0.0422. The second kappa shape index (κ2) is 8.24.